The first kappa shape index (κ1) is 14.9. The lowest BCUT2D eigenvalue weighted by Crippen LogP contribution is -2.07. The number of esters is 1. The molecule has 4 heteroatoms. The van der Waals surface area contributed by atoms with Crippen molar-refractivity contribution in [2.24, 2.45) is 0 Å². The van der Waals surface area contributed by atoms with Crippen LogP contribution in [-0.2, 0) is 16.0 Å². The Kier molecular flexibility index (Phi) is 4.82. The molecular formula is C17H17NO3. The Labute approximate surface area is 123 Å². The highest BCUT2D eigenvalue weighted by Gasteiger charge is 2.09. The van der Waals surface area contributed by atoms with Crippen molar-refractivity contribution >= 4 is 12.3 Å². The van der Waals surface area contributed by atoms with Gasteiger partial charge in [0.05, 0.1) is 13.0 Å². The molecule has 0 spiro atoms. The van der Waals surface area contributed by atoms with Crippen molar-refractivity contribution in [1.82, 2.24) is 4.98 Å². The Hall–Kier alpha value is -2.49. The minimum absolute atomic E-state index is 0.178. The lowest BCUT2D eigenvalue weighted by molar-refractivity contribution is -0.142. The second-order valence-corrected chi connectivity index (χ2v) is 4.77. The van der Waals surface area contributed by atoms with Gasteiger partial charge in [0.15, 0.2) is 6.29 Å². The van der Waals surface area contributed by atoms with Gasteiger partial charge in [0.25, 0.3) is 0 Å². The molecule has 0 aliphatic carbocycles. The van der Waals surface area contributed by atoms with E-state index in [1.54, 1.807) is 19.3 Å². The van der Waals surface area contributed by atoms with Crippen LogP contribution in [0.5, 0.6) is 0 Å². The van der Waals surface area contributed by atoms with Crippen molar-refractivity contribution in [3.05, 3.63) is 53.3 Å². The van der Waals surface area contributed by atoms with Crippen LogP contribution in [0, 0.1) is 6.92 Å². The predicted molar refractivity (Wildman–Crippen MR) is 80.1 cm³/mol. The highest BCUT2D eigenvalue weighted by atomic mass is 16.5. The standard InChI is InChI=1S/C17H17NO3/c1-3-21-17(20)8-13-7-14(10-18-9-13)16-5-4-12(2)6-15(16)11-19/h4-7,9-11H,3,8H2,1-2H3. The molecule has 0 aliphatic heterocycles. The largest absolute Gasteiger partial charge is 0.466 e. The minimum Gasteiger partial charge on any atom is -0.466 e. The molecule has 1 aromatic heterocycles. The van der Waals surface area contributed by atoms with E-state index in [1.807, 2.05) is 31.2 Å². The third-order valence-electron chi connectivity index (χ3n) is 3.09. The number of carbonyl (C=O) groups excluding carboxylic acids is 2. The van der Waals surface area contributed by atoms with Crippen LogP contribution in [-0.4, -0.2) is 23.8 Å². The maximum absolute atomic E-state index is 11.5. The fraction of sp³-hybridized carbons (Fsp3) is 0.235. The molecule has 0 radical (unpaired) electrons. The number of benzene rings is 1. The predicted octanol–water partition coefficient (Wildman–Crippen LogP) is 2.98. The first-order valence-electron chi connectivity index (χ1n) is 6.79. The summed E-state index contributed by atoms with van der Waals surface area (Å²) in [6.07, 6.45) is 4.33. The number of hydrogen-bond acceptors (Lipinski definition) is 4. The van der Waals surface area contributed by atoms with E-state index >= 15 is 0 Å². The van der Waals surface area contributed by atoms with Gasteiger partial charge in [0.2, 0.25) is 0 Å². The van der Waals surface area contributed by atoms with Crippen LogP contribution in [0.2, 0.25) is 0 Å². The van der Waals surface area contributed by atoms with E-state index in [-0.39, 0.29) is 12.4 Å². The molecule has 1 heterocycles. The van der Waals surface area contributed by atoms with Crippen LogP contribution in [0.4, 0.5) is 0 Å². The van der Waals surface area contributed by atoms with Gasteiger partial charge < -0.3 is 4.74 Å². The zero-order valence-electron chi connectivity index (χ0n) is 12.1. The number of aldehydes is 1. The first-order valence-corrected chi connectivity index (χ1v) is 6.79. The highest BCUT2D eigenvalue weighted by Crippen LogP contribution is 2.24. The summed E-state index contributed by atoms with van der Waals surface area (Å²) in [5, 5.41) is 0. The van der Waals surface area contributed by atoms with E-state index in [4.69, 9.17) is 4.74 Å². The molecule has 1 aromatic carbocycles. The number of ether oxygens (including phenoxy) is 1. The fourth-order valence-electron chi connectivity index (χ4n) is 2.15. The van der Waals surface area contributed by atoms with Crippen molar-refractivity contribution < 1.29 is 14.3 Å². The summed E-state index contributed by atoms with van der Waals surface area (Å²) in [4.78, 5) is 26.9. The Morgan fingerprint density at radius 3 is 2.81 bits per heavy atom. The summed E-state index contributed by atoms with van der Waals surface area (Å²) < 4.78 is 4.93. The van der Waals surface area contributed by atoms with Crippen molar-refractivity contribution in [3.63, 3.8) is 0 Å². The molecular weight excluding hydrogens is 266 g/mol. The van der Waals surface area contributed by atoms with Gasteiger partial charge in [0, 0.05) is 23.5 Å². The van der Waals surface area contributed by atoms with E-state index in [0.717, 1.165) is 28.5 Å². The van der Waals surface area contributed by atoms with Crippen LogP contribution in [0.15, 0.2) is 36.7 Å². The van der Waals surface area contributed by atoms with Crippen LogP contribution < -0.4 is 0 Å². The van der Waals surface area contributed by atoms with Gasteiger partial charge in [-0.05, 0) is 37.1 Å². The molecule has 4 nitrogen and oxygen atoms in total. The molecule has 0 amide bonds. The van der Waals surface area contributed by atoms with Crippen LogP contribution in [0.3, 0.4) is 0 Å². The Bertz CT molecular complexity index is 665. The number of nitrogens with zero attached hydrogens (tertiary/aromatic N) is 1. The monoisotopic (exact) mass is 283 g/mol. The number of aromatic nitrogens is 1. The average Bonchev–Trinajstić information content (AvgIpc) is 2.47. The lowest BCUT2D eigenvalue weighted by atomic mass is 9.98. The summed E-state index contributed by atoms with van der Waals surface area (Å²) in [5.74, 6) is -0.282. The minimum atomic E-state index is -0.282. The van der Waals surface area contributed by atoms with Crippen LogP contribution in [0.25, 0.3) is 11.1 Å². The second-order valence-electron chi connectivity index (χ2n) is 4.77. The van der Waals surface area contributed by atoms with Crippen molar-refractivity contribution in [2.75, 3.05) is 6.61 Å². The number of aryl methyl sites for hydroxylation is 1. The molecule has 0 fully saturated rings. The van der Waals surface area contributed by atoms with E-state index < -0.39 is 0 Å². The van der Waals surface area contributed by atoms with E-state index in [2.05, 4.69) is 4.98 Å². The third kappa shape index (κ3) is 3.75. The van der Waals surface area contributed by atoms with Gasteiger partial charge in [-0.15, -0.1) is 0 Å². The average molecular weight is 283 g/mol. The zero-order valence-corrected chi connectivity index (χ0v) is 12.1. The number of rotatable bonds is 5. The maximum atomic E-state index is 11.5. The van der Waals surface area contributed by atoms with Crippen molar-refractivity contribution in [3.8, 4) is 11.1 Å². The Morgan fingerprint density at radius 1 is 1.29 bits per heavy atom. The smallest absolute Gasteiger partial charge is 0.310 e. The number of pyridine rings is 1. The molecule has 2 rings (SSSR count). The van der Waals surface area contributed by atoms with Gasteiger partial charge in [-0.3, -0.25) is 14.6 Å². The summed E-state index contributed by atoms with van der Waals surface area (Å²) in [5.41, 5.74) is 4.04. The molecule has 21 heavy (non-hydrogen) atoms. The summed E-state index contributed by atoms with van der Waals surface area (Å²) in [6, 6.07) is 7.53. The van der Waals surface area contributed by atoms with E-state index in [0.29, 0.717) is 12.2 Å². The maximum Gasteiger partial charge on any atom is 0.310 e. The molecule has 0 bridgehead atoms. The highest BCUT2D eigenvalue weighted by molar-refractivity contribution is 5.88. The SMILES string of the molecule is CCOC(=O)Cc1cncc(-c2ccc(C)cc2C=O)c1. The normalized spacial score (nSPS) is 10.2. The quantitative estimate of drug-likeness (QED) is 0.625. The van der Waals surface area contributed by atoms with Crippen molar-refractivity contribution in [2.45, 2.75) is 20.3 Å². The van der Waals surface area contributed by atoms with Gasteiger partial charge in [-0.25, -0.2) is 0 Å². The van der Waals surface area contributed by atoms with E-state index in [9.17, 15) is 9.59 Å². The molecule has 0 saturated heterocycles. The van der Waals surface area contributed by atoms with Crippen molar-refractivity contribution in [1.29, 1.82) is 0 Å². The molecule has 2 aromatic rings. The molecule has 0 aliphatic rings. The molecule has 108 valence electrons. The van der Waals surface area contributed by atoms with Crippen LogP contribution >= 0.6 is 0 Å². The first-order chi connectivity index (χ1) is 10.1. The zero-order chi connectivity index (χ0) is 15.2. The van der Waals surface area contributed by atoms with E-state index in [1.165, 1.54) is 0 Å². The molecule has 0 saturated carbocycles. The van der Waals surface area contributed by atoms with Gasteiger partial charge in [-0.2, -0.15) is 0 Å². The molecule has 0 atom stereocenters. The number of carbonyl (C=O) groups is 2. The van der Waals surface area contributed by atoms with Gasteiger partial charge >= 0.3 is 5.97 Å². The number of hydrogen-bond donors (Lipinski definition) is 0. The Morgan fingerprint density at radius 2 is 2.10 bits per heavy atom. The summed E-state index contributed by atoms with van der Waals surface area (Å²) >= 11 is 0. The van der Waals surface area contributed by atoms with Gasteiger partial charge in [0.1, 0.15) is 0 Å². The molecule has 0 N–H and O–H groups in total. The van der Waals surface area contributed by atoms with Gasteiger partial charge in [-0.1, -0.05) is 17.7 Å². The topological polar surface area (TPSA) is 56.3 Å². The fourth-order valence-corrected chi connectivity index (χ4v) is 2.15. The second kappa shape index (κ2) is 6.79. The molecule has 0 unspecified atom stereocenters. The summed E-state index contributed by atoms with van der Waals surface area (Å²) in [6.45, 7) is 4.07. The lowest BCUT2D eigenvalue weighted by Gasteiger charge is -2.08. The third-order valence-corrected chi connectivity index (χ3v) is 3.09. The Balaban J connectivity index is 2.33. The van der Waals surface area contributed by atoms with Crippen LogP contribution in [0.1, 0.15) is 28.4 Å². The summed E-state index contributed by atoms with van der Waals surface area (Å²) in [7, 11) is 0.